The third-order valence-corrected chi connectivity index (χ3v) is 4.76. The fourth-order valence-electron chi connectivity index (χ4n) is 2.71. The minimum atomic E-state index is -0.398. The van der Waals surface area contributed by atoms with E-state index in [4.69, 9.17) is 5.73 Å². The summed E-state index contributed by atoms with van der Waals surface area (Å²) in [5, 5.41) is 10.9. The molecule has 1 aromatic rings. The monoisotopic (exact) mass is 342 g/mol. The molecule has 7 heteroatoms. The summed E-state index contributed by atoms with van der Waals surface area (Å²) in [5.41, 5.74) is 6.35. The van der Waals surface area contributed by atoms with E-state index in [9.17, 15) is 10.1 Å². The second kappa shape index (κ2) is 6.49. The molecule has 1 saturated heterocycles. The van der Waals surface area contributed by atoms with Gasteiger partial charge >= 0.3 is 0 Å². The van der Waals surface area contributed by atoms with Crippen LogP contribution in [-0.2, 0) is 0 Å². The van der Waals surface area contributed by atoms with Crippen molar-refractivity contribution >= 4 is 27.4 Å². The number of rotatable bonds is 4. The Morgan fingerprint density at radius 3 is 3.00 bits per heavy atom. The summed E-state index contributed by atoms with van der Waals surface area (Å²) in [6, 6.07) is 0.374. The predicted molar refractivity (Wildman–Crippen MR) is 82.0 cm³/mol. The normalized spacial score (nSPS) is 19.1. The van der Waals surface area contributed by atoms with E-state index in [1.807, 2.05) is 0 Å². The van der Waals surface area contributed by atoms with Gasteiger partial charge < -0.3 is 10.6 Å². The van der Waals surface area contributed by atoms with E-state index in [1.165, 1.54) is 12.6 Å². The van der Waals surface area contributed by atoms with Crippen molar-refractivity contribution in [3.05, 3.63) is 26.3 Å². The van der Waals surface area contributed by atoms with Crippen LogP contribution in [0.4, 0.5) is 11.5 Å². The van der Waals surface area contributed by atoms with Crippen molar-refractivity contribution in [3.8, 4) is 0 Å². The minimum absolute atomic E-state index is 0.0491. The minimum Gasteiger partial charge on any atom is -0.353 e. The number of aromatic nitrogens is 1. The molecule has 0 spiro atoms. The Labute approximate surface area is 126 Å². The molecule has 1 aliphatic rings. The Hall–Kier alpha value is -1.21. The molecule has 0 amide bonds. The predicted octanol–water partition coefficient (Wildman–Crippen LogP) is 2.77. The SMILES string of the molecule is Cc1c([N+](=O)[O-])cnc(N2CCCCC2CCN)c1Br. The van der Waals surface area contributed by atoms with Crippen molar-refractivity contribution in [1.82, 2.24) is 4.98 Å². The number of piperidine rings is 1. The van der Waals surface area contributed by atoms with E-state index in [1.54, 1.807) is 6.92 Å². The highest BCUT2D eigenvalue weighted by Gasteiger charge is 2.27. The van der Waals surface area contributed by atoms with Gasteiger partial charge in [-0.2, -0.15) is 0 Å². The molecule has 0 bridgehead atoms. The smallest absolute Gasteiger partial charge is 0.291 e. The van der Waals surface area contributed by atoms with Crippen LogP contribution < -0.4 is 10.6 Å². The number of hydrogen-bond donors (Lipinski definition) is 1. The number of nitrogens with two attached hydrogens (primary N) is 1. The zero-order valence-corrected chi connectivity index (χ0v) is 13.1. The van der Waals surface area contributed by atoms with Gasteiger partial charge in [-0.3, -0.25) is 10.1 Å². The first-order chi connectivity index (χ1) is 9.56. The fourth-order valence-corrected chi connectivity index (χ4v) is 3.25. The topological polar surface area (TPSA) is 85.3 Å². The van der Waals surface area contributed by atoms with Crippen molar-refractivity contribution in [3.63, 3.8) is 0 Å². The van der Waals surface area contributed by atoms with Crippen LogP contribution in [0.5, 0.6) is 0 Å². The standard InChI is InChI=1S/C13H19BrN4O2/c1-9-11(18(19)20)8-16-13(12(9)14)17-7-3-2-4-10(17)5-6-15/h8,10H,2-7,15H2,1H3. The molecule has 0 saturated carbocycles. The number of nitro groups is 1. The molecule has 6 nitrogen and oxygen atoms in total. The molecule has 2 N–H and O–H groups in total. The van der Waals surface area contributed by atoms with Gasteiger partial charge in [-0.15, -0.1) is 0 Å². The number of anilines is 1. The van der Waals surface area contributed by atoms with Crippen molar-refractivity contribution in [2.24, 2.45) is 5.73 Å². The zero-order valence-electron chi connectivity index (χ0n) is 11.5. The molecule has 20 heavy (non-hydrogen) atoms. The van der Waals surface area contributed by atoms with Crippen LogP contribution in [0.15, 0.2) is 10.7 Å². The van der Waals surface area contributed by atoms with Gasteiger partial charge in [0.25, 0.3) is 5.69 Å². The number of nitrogens with zero attached hydrogens (tertiary/aromatic N) is 3. The van der Waals surface area contributed by atoms with Crippen LogP contribution in [0.1, 0.15) is 31.2 Å². The summed E-state index contributed by atoms with van der Waals surface area (Å²) in [7, 11) is 0. The van der Waals surface area contributed by atoms with Gasteiger partial charge in [0.1, 0.15) is 12.0 Å². The van der Waals surface area contributed by atoms with E-state index < -0.39 is 4.92 Å². The van der Waals surface area contributed by atoms with Crippen LogP contribution in [0.25, 0.3) is 0 Å². The second-order valence-corrected chi connectivity index (χ2v) is 5.88. The molecule has 2 rings (SSSR count). The molecule has 1 aromatic heterocycles. The Kier molecular flexibility index (Phi) is 4.93. The Bertz CT molecular complexity index is 507. The molecule has 0 radical (unpaired) electrons. The molecular weight excluding hydrogens is 324 g/mol. The molecule has 1 unspecified atom stereocenters. The van der Waals surface area contributed by atoms with Crippen molar-refractivity contribution in [2.45, 2.75) is 38.6 Å². The maximum atomic E-state index is 10.9. The fraction of sp³-hybridized carbons (Fsp3) is 0.615. The zero-order chi connectivity index (χ0) is 14.7. The van der Waals surface area contributed by atoms with Crippen LogP contribution in [0, 0.1) is 17.0 Å². The molecule has 2 heterocycles. The molecule has 0 aliphatic carbocycles. The van der Waals surface area contributed by atoms with Gasteiger partial charge in [0.05, 0.1) is 9.40 Å². The Morgan fingerprint density at radius 1 is 1.60 bits per heavy atom. The summed E-state index contributed by atoms with van der Waals surface area (Å²) in [6.45, 7) is 3.31. The third kappa shape index (κ3) is 2.93. The van der Waals surface area contributed by atoms with Crippen LogP contribution in [0.2, 0.25) is 0 Å². The first kappa shape index (κ1) is 15.2. The summed E-state index contributed by atoms with van der Waals surface area (Å²) < 4.78 is 0.718. The highest BCUT2D eigenvalue weighted by molar-refractivity contribution is 9.10. The molecule has 0 aromatic carbocycles. The lowest BCUT2D eigenvalue weighted by Crippen LogP contribution is -2.41. The number of pyridine rings is 1. The summed E-state index contributed by atoms with van der Waals surface area (Å²) in [4.78, 5) is 17.1. The lowest BCUT2D eigenvalue weighted by Gasteiger charge is -2.37. The highest BCUT2D eigenvalue weighted by Crippen LogP contribution is 2.35. The van der Waals surface area contributed by atoms with Crippen LogP contribution in [0.3, 0.4) is 0 Å². The highest BCUT2D eigenvalue weighted by atomic mass is 79.9. The first-order valence-electron chi connectivity index (χ1n) is 6.82. The van der Waals surface area contributed by atoms with E-state index in [0.717, 1.165) is 36.1 Å². The molecular formula is C13H19BrN4O2. The van der Waals surface area contributed by atoms with Crippen molar-refractivity contribution in [1.29, 1.82) is 0 Å². The van der Waals surface area contributed by atoms with Gasteiger partial charge in [-0.1, -0.05) is 0 Å². The van der Waals surface area contributed by atoms with Gasteiger partial charge in [-0.25, -0.2) is 4.98 Å². The van der Waals surface area contributed by atoms with E-state index in [0.29, 0.717) is 18.2 Å². The second-order valence-electron chi connectivity index (χ2n) is 5.08. The maximum absolute atomic E-state index is 10.9. The van der Waals surface area contributed by atoms with E-state index >= 15 is 0 Å². The van der Waals surface area contributed by atoms with Gasteiger partial charge in [0.2, 0.25) is 0 Å². The lowest BCUT2D eigenvalue weighted by molar-refractivity contribution is -0.385. The van der Waals surface area contributed by atoms with E-state index in [-0.39, 0.29) is 5.69 Å². The largest absolute Gasteiger partial charge is 0.353 e. The van der Waals surface area contributed by atoms with Crippen molar-refractivity contribution in [2.75, 3.05) is 18.0 Å². The quantitative estimate of drug-likeness (QED) is 0.671. The van der Waals surface area contributed by atoms with Crippen molar-refractivity contribution < 1.29 is 4.92 Å². The molecule has 1 fully saturated rings. The Morgan fingerprint density at radius 2 is 2.35 bits per heavy atom. The maximum Gasteiger partial charge on any atom is 0.291 e. The van der Waals surface area contributed by atoms with E-state index in [2.05, 4.69) is 25.8 Å². The first-order valence-corrected chi connectivity index (χ1v) is 7.61. The third-order valence-electron chi connectivity index (χ3n) is 3.81. The summed E-state index contributed by atoms with van der Waals surface area (Å²) in [5.74, 6) is 0.797. The average molecular weight is 343 g/mol. The van der Waals surface area contributed by atoms with Gasteiger partial charge in [0.15, 0.2) is 0 Å². The Balaban J connectivity index is 2.36. The number of halogens is 1. The summed E-state index contributed by atoms with van der Waals surface area (Å²) >= 11 is 3.47. The van der Waals surface area contributed by atoms with Crippen LogP contribution in [-0.4, -0.2) is 29.0 Å². The number of hydrogen-bond acceptors (Lipinski definition) is 5. The lowest BCUT2D eigenvalue weighted by atomic mass is 9.99. The van der Waals surface area contributed by atoms with Crippen LogP contribution >= 0.6 is 15.9 Å². The summed E-state index contributed by atoms with van der Waals surface area (Å²) in [6.07, 6.45) is 5.69. The molecule has 1 atom stereocenters. The van der Waals surface area contributed by atoms with Gasteiger partial charge in [-0.05, 0) is 55.1 Å². The molecule has 110 valence electrons. The average Bonchev–Trinajstić information content (AvgIpc) is 2.43. The van der Waals surface area contributed by atoms with Gasteiger partial charge in [0, 0.05) is 18.2 Å². The molecule has 1 aliphatic heterocycles.